The van der Waals surface area contributed by atoms with Crippen LogP contribution in [0, 0.1) is 0 Å². The highest BCUT2D eigenvalue weighted by Crippen LogP contribution is 2.30. The van der Waals surface area contributed by atoms with E-state index in [1.807, 2.05) is 30.3 Å². The van der Waals surface area contributed by atoms with Gasteiger partial charge in [0.2, 0.25) is 0 Å². The van der Waals surface area contributed by atoms with Gasteiger partial charge in [-0.2, -0.15) is 0 Å². The van der Waals surface area contributed by atoms with Crippen molar-refractivity contribution < 1.29 is 8.42 Å². The minimum atomic E-state index is -3.59. The highest BCUT2D eigenvalue weighted by atomic mass is 32.2. The third kappa shape index (κ3) is 4.14. The van der Waals surface area contributed by atoms with Gasteiger partial charge in [-0.05, 0) is 40.7 Å². The number of sulfonamides is 1. The maximum atomic E-state index is 12.7. The molecule has 23 heavy (non-hydrogen) atoms. The second kappa shape index (κ2) is 6.36. The highest BCUT2D eigenvalue weighted by Gasteiger charge is 2.21. The number of nitrogens with one attached hydrogen (secondary N) is 1. The first-order valence-electron chi connectivity index (χ1n) is 7.83. The van der Waals surface area contributed by atoms with Crippen molar-refractivity contribution in [1.29, 1.82) is 0 Å². The molecule has 0 spiro atoms. The lowest BCUT2D eigenvalue weighted by Gasteiger charge is -2.23. The van der Waals surface area contributed by atoms with Crippen LogP contribution < -0.4 is 4.72 Å². The molecule has 0 saturated carbocycles. The van der Waals surface area contributed by atoms with Gasteiger partial charge in [0, 0.05) is 0 Å². The summed E-state index contributed by atoms with van der Waals surface area (Å²) < 4.78 is 28.0. The molecule has 0 radical (unpaired) electrons. The summed E-state index contributed by atoms with van der Waals surface area (Å²) in [5.74, 6) is 0.376. The van der Waals surface area contributed by atoms with E-state index in [9.17, 15) is 8.42 Å². The number of hydrogen-bond acceptors (Lipinski definition) is 2. The van der Waals surface area contributed by atoms with Gasteiger partial charge in [-0.1, -0.05) is 65.0 Å². The molecule has 0 aliphatic rings. The van der Waals surface area contributed by atoms with Crippen molar-refractivity contribution in [3.05, 3.63) is 59.7 Å². The Hall–Kier alpha value is -1.81. The zero-order valence-electron chi connectivity index (χ0n) is 14.4. The molecule has 124 valence electrons. The summed E-state index contributed by atoms with van der Waals surface area (Å²) in [6.45, 7) is 10.4. The van der Waals surface area contributed by atoms with Gasteiger partial charge in [-0.25, -0.2) is 8.42 Å². The van der Waals surface area contributed by atoms with Crippen LogP contribution in [-0.4, -0.2) is 8.42 Å². The van der Waals surface area contributed by atoms with Crippen molar-refractivity contribution in [3.8, 4) is 0 Å². The van der Waals surface area contributed by atoms with E-state index in [4.69, 9.17) is 0 Å². The number of anilines is 1. The van der Waals surface area contributed by atoms with E-state index in [0.717, 1.165) is 11.1 Å². The molecule has 0 atom stereocenters. The lowest BCUT2D eigenvalue weighted by atomic mass is 9.86. The molecule has 0 heterocycles. The van der Waals surface area contributed by atoms with Crippen molar-refractivity contribution in [3.63, 3.8) is 0 Å². The van der Waals surface area contributed by atoms with E-state index in [-0.39, 0.29) is 10.3 Å². The van der Waals surface area contributed by atoms with Crippen molar-refractivity contribution in [1.82, 2.24) is 0 Å². The van der Waals surface area contributed by atoms with Crippen LogP contribution in [0.5, 0.6) is 0 Å². The maximum absolute atomic E-state index is 12.7. The molecule has 2 aromatic carbocycles. The molecule has 2 rings (SSSR count). The Bertz CT molecular complexity index is 770. The molecule has 0 fully saturated rings. The van der Waals surface area contributed by atoms with Crippen LogP contribution in [0.15, 0.2) is 53.4 Å². The second-order valence-corrected chi connectivity index (χ2v) is 8.81. The SMILES string of the molecule is CC(C)c1ccc(S(=O)(=O)Nc2ccccc2C(C)(C)C)cc1. The van der Waals surface area contributed by atoms with E-state index >= 15 is 0 Å². The average Bonchev–Trinajstić information content (AvgIpc) is 2.46. The number of hydrogen-bond donors (Lipinski definition) is 1. The molecule has 2 aromatic rings. The summed E-state index contributed by atoms with van der Waals surface area (Å²) in [5, 5.41) is 0. The first-order chi connectivity index (χ1) is 10.6. The summed E-state index contributed by atoms with van der Waals surface area (Å²) in [5.41, 5.74) is 2.59. The van der Waals surface area contributed by atoms with Crippen molar-refractivity contribution in [2.24, 2.45) is 0 Å². The zero-order valence-corrected chi connectivity index (χ0v) is 15.2. The maximum Gasteiger partial charge on any atom is 0.261 e. The molecule has 3 nitrogen and oxygen atoms in total. The summed E-state index contributed by atoms with van der Waals surface area (Å²) in [6.07, 6.45) is 0. The van der Waals surface area contributed by atoms with Crippen molar-refractivity contribution >= 4 is 15.7 Å². The average molecular weight is 331 g/mol. The molecule has 1 N–H and O–H groups in total. The van der Waals surface area contributed by atoms with Crippen LogP contribution in [0.25, 0.3) is 0 Å². The molecule has 0 aromatic heterocycles. The Morgan fingerprint density at radius 1 is 0.913 bits per heavy atom. The molecule has 0 aliphatic heterocycles. The second-order valence-electron chi connectivity index (χ2n) is 7.12. The van der Waals surface area contributed by atoms with Crippen LogP contribution in [0.1, 0.15) is 51.7 Å². The Balaban J connectivity index is 2.36. The topological polar surface area (TPSA) is 46.2 Å². The van der Waals surface area contributed by atoms with Crippen LogP contribution >= 0.6 is 0 Å². The summed E-state index contributed by atoms with van der Waals surface area (Å²) >= 11 is 0. The quantitative estimate of drug-likeness (QED) is 0.865. The van der Waals surface area contributed by atoms with Crippen molar-refractivity contribution in [2.45, 2.75) is 50.8 Å². The minimum absolute atomic E-state index is 0.138. The lowest BCUT2D eigenvalue weighted by Crippen LogP contribution is -2.19. The molecular weight excluding hydrogens is 306 g/mol. The highest BCUT2D eigenvalue weighted by molar-refractivity contribution is 7.92. The lowest BCUT2D eigenvalue weighted by molar-refractivity contribution is 0.590. The van der Waals surface area contributed by atoms with Gasteiger partial charge >= 0.3 is 0 Å². The number of rotatable bonds is 4. The minimum Gasteiger partial charge on any atom is -0.279 e. The van der Waals surface area contributed by atoms with E-state index in [1.54, 1.807) is 18.2 Å². The first-order valence-corrected chi connectivity index (χ1v) is 9.32. The summed E-state index contributed by atoms with van der Waals surface area (Å²) in [7, 11) is -3.59. The van der Waals surface area contributed by atoms with Gasteiger partial charge in [0.25, 0.3) is 10.0 Å². The molecular formula is C19H25NO2S. The predicted octanol–water partition coefficient (Wildman–Crippen LogP) is 4.91. The summed E-state index contributed by atoms with van der Waals surface area (Å²) in [6, 6.07) is 14.6. The van der Waals surface area contributed by atoms with E-state index in [2.05, 4.69) is 39.3 Å². The van der Waals surface area contributed by atoms with E-state index in [0.29, 0.717) is 11.6 Å². The van der Waals surface area contributed by atoms with Crippen molar-refractivity contribution in [2.75, 3.05) is 4.72 Å². The third-order valence-corrected chi connectivity index (χ3v) is 5.22. The van der Waals surface area contributed by atoms with Gasteiger partial charge in [0.05, 0.1) is 10.6 Å². The molecule has 0 bridgehead atoms. The molecule has 4 heteroatoms. The fourth-order valence-corrected chi connectivity index (χ4v) is 3.54. The number of para-hydroxylation sites is 1. The molecule has 0 amide bonds. The van der Waals surface area contributed by atoms with Gasteiger partial charge in [-0.3, -0.25) is 4.72 Å². The Kier molecular flexibility index (Phi) is 4.85. The number of benzene rings is 2. The predicted molar refractivity (Wildman–Crippen MR) is 96.5 cm³/mol. The fourth-order valence-electron chi connectivity index (χ4n) is 2.46. The first kappa shape index (κ1) is 17.5. The van der Waals surface area contributed by atoms with E-state index < -0.39 is 10.0 Å². The van der Waals surface area contributed by atoms with Crippen LogP contribution in [0.3, 0.4) is 0 Å². The largest absolute Gasteiger partial charge is 0.279 e. The zero-order chi connectivity index (χ0) is 17.3. The Morgan fingerprint density at radius 3 is 2.00 bits per heavy atom. The van der Waals surface area contributed by atoms with Gasteiger partial charge < -0.3 is 0 Å². The van der Waals surface area contributed by atoms with Gasteiger partial charge in [0.1, 0.15) is 0 Å². The monoisotopic (exact) mass is 331 g/mol. The normalized spacial score (nSPS) is 12.4. The van der Waals surface area contributed by atoms with Crippen LogP contribution in [0.4, 0.5) is 5.69 Å². The van der Waals surface area contributed by atoms with Crippen LogP contribution in [0.2, 0.25) is 0 Å². The third-order valence-electron chi connectivity index (χ3n) is 3.84. The standard InChI is InChI=1S/C19H25NO2S/c1-14(2)15-10-12-16(13-11-15)23(21,22)20-18-9-7-6-8-17(18)19(3,4)5/h6-14,20H,1-5H3. The Labute approximate surface area is 139 Å². The Morgan fingerprint density at radius 2 is 1.48 bits per heavy atom. The fraction of sp³-hybridized carbons (Fsp3) is 0.368. The van der Waals surface area contributed by atoms with Gasteiger partial charge in [0.15, 0.2) is 0 Å². The molecule has 0 saturated heterocycles. The van der Waals surface area contributed by atoms with Gasteiger partial charge in [-0.15, -0.1) is 0 Å². The molecule has 0 aliphatic carbocycles. The molecule has 0 unspecified atom stereocenters. The summed E-state index contributed by atoms with van der Waals surface area (Å²) in [4.78, 5) is 0.283. The smallest absolute Gasteiger partial charge is 0.261 e. The van der Waals surface area contributed by atoms with Crippen LogP contribution in [-0.2, 0) is 15.4 Å². The van der Waals surface area contributed by atoms with E-state index in [1.165, 1.54) is 0 Å².